The fraction of sp³-hybridized carbons (Fsp3) is 0.222. The highest BCUT2D eigenvalue weighted by Gasteiger charge is 2.13. The molecule has 3 nitrogen and oxygen atoms in total. The van der Waals surface area contributed by atoms with Crippen molar-refractivity contribution in [3.63, 3.8) is 0 Å². The molecular formula is C9H9ClO3. The molecule has 70 valence electrons. The average Bonchev–Trinajstić information content (AvgIpc) is 2.08. The normalized spacial score (nSPS) is 12.5. The number of aromatic hydroxyl groups is 2. The van der Waals surface area contributed by atoms with Crippen molar-refractivity contribution in [2.24, 2.45) is 0 Å². The molecule has 0 aromatic heterocycles. The van der Waals surface area contributed by atoms with Gasteiger partial charge in [0.05, 0.1) is 5.92 Å². The van der Waals surface area contributed by atoms with E-state index in [0.717, 1.165) is 0 Å². The molecule has 0 bridgehead atoms. The van der Waals surface area contributed by atoms with Crippen LogP contribution in [0, 0.1) is 0 Å². The summed E-state index contributed by atoms with van der Waals surface area (Å²) in [6.07, 6.45) is 0. The van der Waals surface area contributed by atoms with E-state index in [2.05, 4.69) is 0 Å². The summed E-state index contributed by atoms with van der Waals surface area (Å²) in [5, 5.41) is 17.6. The van der Waals surface area contributed by atoms with E-state index >= 15 is 0 Å². The Kier molecular flexibility index (Phi) is 2.78. The number of phenols is 2. The molecule has 1 unspecified atom stereocenters. The molecule has 13 heavy (non-hydrogen) atoms. The summed E-state index contributed by atoms with van der Waals surface area (Å²) in [6.45, 7) is 1.63. The Morgan fingerprint density at radius 1 is 1.38 bits per heavy atom. The number of phenolic OH excluding ortho intramolecular Hbond substituents is 2. The van der Waals surface area contributed by atoms with E-state index in [-0.39, 0.29) is 11.5 Å². The van der Waals surface area contributed by atoms with E-state index in [1.165, 1.54) is 12.1 Å². The standard InChI is InChI=1S/C9H9ClO3/c1-5(9(10)13)6-2-3-7(11)8(12)4-6/h2-5,11-12H,1H3. The Bertz CT molecular complexity index is 336. The summed E-state index contributed by atoms with van der Waals surface area (Å²) in [5.74, 6) is -0.937. The SMILES string of the molecule is CC(C(=O)Cl)c1ccc(O)c(O)c1. The zero-order valence-electron chi connectivity index (χ0n) is 6.99. The molecule has 0 amide bonds. The predicted molar refractivity (Wildman–Crippen MR) is 49.0 cm³/mol. The number of halogens is 1. The van der Waals surface area contributed by atoms with E-state index in [1.54, 1.807) is 13.0 Å². The van der Waals surface area contributed by atoms with Crippen molar-refractivity contribution in [3.8, 4) is 11.5 Å². The van der Waals surface area contributed by atoms with E-state index < -0.39 is 11.2 Å². The third kappa shape index (κ3) is 2.12. The van der Waals surface area contributed by atoms with Crippen LogP contribution in [-0.2, 0) is 4.79 Å². The van der Waals surface area contributed by atoms with Gasteiger partial charge in [-0.2, -0.15) is 0 Å². The minimum absolute atomic E-state index is 0.210. The molecule has 1 aromatic rings. The molecule has 0 spiro atoms. The minimum Gasteiger partial charge on any atom is -0.504 e. The molecule has 1 rings (SSSR count). The van der Waals surface area contributed by atoms with Crippen molar-refractivity contribution in [1.29, 1.82) is 0 Å². The van der Waals surface area contributed by atoms with Gasteiger partial charge in [-0.05, 0) is 29.3 Å². The Morgan fingerprint density at radius 3 is 2.46 bits per heavy atom. The first-order chi connectivity index (χ1) is 6.02. The molecule has 0 radical (unpaired) electrons. The van der Waals surface area contributed by atoms with Crippen LogP contribution in [0.15, 0.2) is 18.2 Å². The quantitative estimate of drug-likeness (QED) is 0.567. The number of benzene rings is 1. The summed E-state index contributed by atoms with van der Waals surface area (Å²) >= 11 is 5.27. The highest BCUT2D eigenvalue weighted by molar-refractivity contribution is 6.64. The lowest BCUT2D eigenvalue weighted by molar-refractivity contribution is -0.112. The van der Waals surface area contributed by atoms with E-state index in [1.807, 2.05) is 0 Å². The van der Waals surface area contributed by atoms with Crippen molar-refractivity contribution < 1.29 is 15.0 Å². The first kappa shape index (κ1) is 9.86. The summed E-state index contributed by atoms with van der Waals surface area (Å²) < 4.78 is 0. The van der Waals surface area contributed by atoms with Crippen LogP contribution < -0.4 is 0 Å². The molecule has 1 atom stereocenters. The molecule has 0 heterocycles. The maximum Gasteiger partial charge on any atom is 0.228 e. The third-order valence-electron chi connectivity index (χ3n) is 1.84. The van der Waals surface area contributed by atoms with Gasteiger partial charge in [-0.15, -0.1) is 0 Å². The van der Waals surface area contributed by atoms with Gasteiger partial charge in [0.25, 0.3) is 0 Å². The Morgan fingerprint density at radius 2 is 2.00 bits per heavy atom. The number of carbonyl (C=O) groups is 1. The number of hydrogen-bond donors (Lipinski definition) is 2. The second kappa shape index (κ2) is 3.66. The summed E-state index contributed by atoms with van der Waals surface area (Å²) in [6, 6.07) is 4.18. The van der Waals surface area contributed by atoms with Crippen LogP contribution in [0.3, 0.4) is 0 Å². The second-order valence-corrected chi connectivity index (χ2v) is 3.15. The van der Waals surface area contributed by atoms with Crippen LogP contribution in [0.5, 0.6) is 11.5 Å². The monoisotopic (exact) mass is 200 g/mol. The Balaban J connectivity index is 3.03. The van der Waals surface area contributed by atoms with Gasteiger partial charge in [0, 0.05) is 0 Å². The number of hydrogen-bond acceptors (Lipinski definition) is 3. The molecule has 0 aliphatic carbocycles. The van der Waals surface area contributed by atoms with Crippen molar-refractivity contribution >= 4 is 16.8 Å². The summed E-state index contributed by atoms with van der Waals surface area (Å²) in [4.78, 5) is 10.8. The number of carbonyl (C=O) groups excluding carboxylic acids is 1. The second-order valence-electron chi connectivity index (χ2n) is 2.77. The summed E-state index contributed by atoms with van der Waals surface area (Å²) in [7, 11) is 0. The van der Waals surface area contributed by atoms with Gasteiger partial charge in [0.15, 0.2) is 11.5 Å². The van der Waals surface area contributed by atoms with Gasteiger partial charge >= 0.3 is 0 Å². The lowest BCUT2D eigenvalue weighted by atomic mass is 10.0. The lowest BCUT2D eigenvalue weighted by Crippen LogP contribution is -2.01. The highest BCUT2D eigenvalue weighted by Crippen LogP contribution is 2.29. The molecule has 1 aromatic carbocycles. The molecule has 0 aliphatic rings. The molecule has 2 N–H and O–H groups in total. The van der Waals surface area contributed by atoms with E-state index in [9.17, 15) is 4.79 Å². The van der Waals surface area contributed by atoms with E-state index in [0.29, 0.717) is 5.56 Å². The van der Waals surface area contributed by atoms with Crippen LogP contribution in [0.2, 0.25) is 0 Å². The van der Waals surface area contributed by atoms with Gasteiger partial charge in [-0.25, -0.2) is 0 Å². The molecule has 0 fully saturated rings. The Labute approximate surface area is 80.6 Å². The minimum atomic E-state index is -0.495. The van der Waals surface area contributed by atoms with Crippen molar-refractivity contribution in [2.75, 3.05) is 0 Å². The predicted octanol–water partition coefficient (Wildman–Crippen LogP) is 1.97. The van der Waals surface area contributed by atoms with Crippen LogP contribution in [0.4, 0.5) is 0 Å². The zero-order chi connectivity index (χ0) is 10.0. The maximum atomic E-state index is 10.8. The molecule has 0 saturated carbocycles. The summed E-state index contributed by atoms with van der Waals surface area (Å²) in [5.41, 5.74) is 0.579. The van der Waals surface area contributed by atoms with Gasteiger partial charge in [-0.1, -0.05) is 13.0 Å². The van der Waals surface area contributed by atoms with Crippen LogP contribution in [-0.4, -0.2) is 15.5 Å². The smallest absolute Gasteiger partial charge is 0.228 e. The zero-order valence-corrected chi connectivity index (χ0v) is 7.75. The van der Waals surface area contributed by atoms with Crippen LogP contribution in [0.25, 0.3) is 0 Å². The third-order valence-corrected chi connectivity index (χ3v) is 2.17. The van der Waals surface area contributed by atoms with E-state index in [4.69, 9.17) is 21.8 Å². The average molecular weight is 201 g/mol. The fourth-order valence-electron chi connectivity index (χ4n) is 0.941. The Hall–Kier alpha value is -1.22. The highest BCUT2D eigenvalue weighted by atomic mass is 35.5. The fourth-order valence-corrected chi connectivity index (χ4v) is 1.07. The van der Waals surface area contributed by atoms with Crippen molar-refractivity contribution in [1.82, 2.24) is 0 Å². The number of rotatable bonds is 2. The molecule has 4 heteroatoms. The largest absolute Gasteiger partial charge is 0.504 e. The van der Waals surface area contributed by atoms with Gasteiger partial charge in [0.1, 0.15) is 0 Å². The van der Waals surface area contributed by atoms with Gasteiger partial charge in [0.2, 0.25) is 5.24 Å². The topological polar surface area (TPSA) is 57.5 Å². The molecule has 0 saturated heterocycles. The molecule has 0 aliphatic heterocycles. The molecular weight excluding hydrogens is 192 g/mol. The van der Waals surface area contributed by atoms with Gasteiger partial charge < -0.3 is 10.2 Å². The van der Waals surface area contributed by atoms with Crippen LogP contribution >= 0.6 is 11.6 Å². The van der Waals surface area contributed by atoms with Crippen LogP contribution in [0.1, 0.15) is 18.4 Å². The first-order valence-corrected chi connectivity index (χ1v) is 4.11. The van der Waals surface area contributed by atoms with Crippen molar-refractivity contribution in [3.05, 3.63) is 23.8 Å². The van der Waals surface area contributed by atoms with Crippen molar-refractivity contribution in [2.45, 2.75) is 12.8 Å². The first-order valence-electron chi connectivity index (χ1n) is 3.73. The van der Waals surface area contributed by atoms with Gasteiger partial charge in [-0.3, -0.25) is 4.79 Å². The lowest BCUT2D eigenvalue weighted by Gasteiger charge is -2.07. The maximum absolute atomic E-state index is 10.8.